The average molecular weight is 369 g/mol. The molecule has 0 aliphatic carbocycles. The fraction of sp³-hybridized carbons (Fsp3) is 0.118. The van der Waals surface area contributed by atoms with Crippen molar-refractivity contribution in [3.05, 3.63) is 70.1 Å². The van der Waals surface area contributed by atoms with Crippen LogP contribution in [-0.4, -0.2) is 36.6 Å². The Labute approximate surface area is 152 Å². The number of aromatic nitrogens is 5. The van der Waals surface area contributed by atoms with E-state index < -0.39 is 0 Å². The number of nitrogens with one attached hydrogen (secondary N) is 1. The van der Waals surface area contributed by atoms with Gasteiger partial charge in [0, 0.05) is 34.9 Å². The summed E-state index contributed by atoms with van der Waals surface area (Å²) in [6, 6.07) is 8.46. The van der Waals surface area contributed by atoms with Crippen molar-refractivity contribution in [2.75, 3.05) is 6.54 Å². The third-order valence-electron chi connectivity index (χ3n) is 3.94. The van der Waals surface area contributed by atoms with E-state index in [1.165, 1.54) is 15.4 Å². The van der Waals surface area contributed by atoms with Crippen LogP contribution in [0.1, 0.15) is 10.4 Å². The van der Waals surface area contributed by atoms with Crippen LogP contribution in [0.15, 0.2) is 53.8 Å². The highest BCUT2D eigenvalue weighted by Crippen LogP contribution is 2.19. The SMILES string of the molecule is O=C(NCCn1nc2c3ccc(Cl)cc3ncn2c1=O)c1ccncc1. The lowest BCUT2D eigenvalue weighted by atomic mass is 10.2. The van der Waals surface area contributed by atoms with Gasteiger partial charge in [-0.1, -0.05) is 11.6 Å². The zero-order valence-electron chi connectivity index (χ0n) is 13.5. The first-order chi connectivity index (χ1) is 12.6. The number of benzene rings is 1. The Balaban J connectivity index is 1.57. The third-order valence-corrected chi connectivity index (χ3v) is 4.17. The first-order valence-electron chi connectivity index (χ1n) is 7.85. The van der Waals surface area contributed by atoms with Crippen LogP contribution in [0.3, 0.4) is 0 Å². The van der Waals surface area contributed by atoms with Gasteiger partial charge in [-0.05, 0) is 30.3 Å². The summed E-state index contributed by atoms with van der Waals surface area (Å²) in [7, 11) is 0. The average Bonchev–Trinajstić information content (AvgIpc) is 2.98. The second-order valence-electron chi connectivity index (χ2n) is 5.60. The number of pyridine rings is 1. The molecule has 1 amide bonds. The third kappa shape index (κ3) is 2.91. The van der Waals surface area contributed by atoms with Crippen molar-refractivity contribution in [3.63, 3.8) is 0 Å². The molecule has 4 rings (SSSR count). The minimum Gasteiger partial charge on any atom is -0.350 e. The van der Waals surface area contributed by atoms with Crippen LogP contribution in [0.25, 0.3) is 16.6 Å². The molecule has 0 spiro atoms. The van der Waals surface area contributed by atoms with Gasteiger partial charge >= 0.3 is 5.69 Å². The molecule has 0 bridgehead atoms. The van der Waals surface area contributed by atoms with Gasteiger partial charge in [-0.25, -0.2) is 18.9 Å². The quantitative estimate of drug-likeness (QED) is 0.589. The normalized spacial score (nSPS) is 11.1. The zero-order chi connectivity index (χ0) is 18.1. The molecule has 1 aromatic carbocycles. The standard InChI is InChI=1S/C17H13ClN6O2/c18-12-1-2-13-14(9-12)21-10-23-15(13)22-24(17(23)26)8-7-20-16(25)11-3-5-19-6-4-11/h1-6,9-10H,7-8H2,(H,20,25). The molecule has 130 valence electrons. The van der Waals surface area contributed by atoms with Crippen molar-refractivity contribution in [2.45, 2.75) is 6.54 Å². The first kappa shape index (κ1) is 16.2. The van der Waals surface area contributed by atoms with Gasteiger partial charge in [0.15, 0.2) is 5.65 Å². The largest absolute Gasteiger partial charge is 0.351 e. The van der Waals surface area contributed by atoms with Gasteiger partial charge in [-0.15, -0.1) is 5.10 Å². The summed E-state index contributed by atoms with van der Waals surface area (Å²) in [6.45, 7) is 0.508. The molecule has 4 aromatic rings. The molecule has 3 aromatic heterocycles. The molecule has 0 unspecified atom stereocenters. The van der Waals surface area contributed by atoms with Gasteiger partial charge in [0.25, 0.3) is 5.91 Å². The fourth-order valence-electron chi connectivity index (χ4n) is 2.65. The van der Waals surface area contributed by atoms with Crippen molar-refractivity contribution < 1.29 is 4.79 Å². The molecule has 9 heteroatoms. The first-order valence-corrected chi connectivity index (χ1v) is 8.23. The smallest absolute Gasteiger partial charge is 0.350 e. The molecule has 0 radical (unpaired) electrons. The second kappa shape index (κ2) is 6.57. The molecule has 26 heavy (non-hydrogen) atoms. The molecule has 0 aliphatic rings. The van der Waals surface area contributed by atoms with Crippen molar-refractivity contribution in [1.82, 2.24) is 29.5 Å². The van der Waals surface area contributed by atoms with Gasteiger partial charge in [0.05, 0.1) is 12.1 Å². The number of amides is 1. The summed E-state index contributed by atoms with van der Waals surface area (Å²) >= 11 is 5.98. The van der Waals surface area contributed by atoms with E-state index in [2.05, 4.69) is 20.4 Å². The highest BCUT2D eigenvalue weighted by atomic mass is 35.5. The molecule has 0 saturated carbocycles. The lowest BCUT2D eigenvalue weighted by molar-refractivity contribution is 0.0951. The molecular weight excluding hydrogens is 356 g/mol. The molecule has 3 heterocycles. The number of nitrogens with zero attached hydrogens (tertiary/aromatic N) is 5. The van der Waals surface area contributed by atoms with Crippen molar-refractivity contribution in [1.29, 1.82) is 0 Å². The lowest BCUT2D eigenvalue weighted by Crippen LogP contribution is -2.31. The van der Waals surface area contributed by atoms with Crippen LogP contribution in [0.5, 0.6) is 0 Å². The van der Waals surface area contributed by atoms with E-state index in [1.54, 1.807) is 42.7 Å². The van der Waals surface area contributed by atoms with Crippen LogP contribution in [0.2, 0.25) is 5.02 Å². The van der Waals surface area contributed by atoms with Crippen LogP contribution in [0, 0.1) is 0 Å². The summed E-state index contributed by atoms with van der Waals surface area (Å²) in [5, 5.41) is 8.41. The maximum absolute atomic E-state index is 12.5. The highest BCUT2D eigenvalue weighted by Gasteiger charge is 2.11. The number of carbonyl (C=O) groups is 1. The molecule has 0 saturated heterocycles. The summed E-state index contributed by atoms with van der Waals surface area (Å²) in [5.41, 5.74) is 1.35. The van der Waals surface area contributed by atoms with E-state index in [-0.39, 0.29) is 24.7 Å². The summed E-state index contributed by atoms with van der Waals surface area (Å²) < 4.78 is 2.68. The summed E-state index contributed by atoms with van der Waals surface area (Å²) in [6.07, 6.45) is 4.52. The lowest BCUT2D eigenvalue weighted by Gasteiger charge is -2.04. The van der Waals surface area contributed by atoms with Crippen molar-refractivity contribution >= 4 is 34.1 Å². The highest BCUT2D eigenvalue weighted by molar-refractivity contribution is 6.31. The Morgan fingerprint density at radius 3 is 2.81 bits per heavy atom. The minimum absolute atomic E-state index is 0.231. The second-order valence-corrected chi connectivity index (χ2v) is 6.03. The Kier molecular flexibility index (Phi) is 4.10. The van der Waals surface area contributed by atoms with Crippen LogP contribution < -0.4 is 11.0 Å². The topological polar surface area (TPSA) is 94.2 Å². The number of hydrogen-bond acceptors (Lipinski definition) is 5. The predicted octanol–water partition coefficient (Wildman–Crippen LogP) is 1.52. The van der Waals surface area contributed by atoms with Crippen LogP contribution in [-0.2, 0) is 6.54 Å². The van der Waals surface area contributed by atoms with E-state index in [9.17, 15) is 9.59 Å². The number of hydrogen-bond donors (Lipinski definition) is 1. The summed E-state index contributed by atoms with van der Waals surface area (Å²) in [5.74, 6) is -0.231. The predicted molar refractivity (Wildman–Crippen MR) is 96.3 cm³/mol. The molecule has 8 nitrogen and oxygen atoms in total. The maximum atomic E-state index is 12.5. The number of carbonyl (C=O) groups excluding carboxylic acids is 1. The van der Waals surface area contributed by atoms with Gasteiger partial charge in [0.1, 0.15) is 6.33 Å². The molecule has 0 fully saturated rings. The van der Waals surface area contributed by atoms with E-state index in [0.717, 1.165) is 5.39 Å². The van der Waals surface area contributed by atoms with E-state index in [4.69, 9.17) is 11.6 Å². The number of halogens is 1. The molecule has 0 atom stereocenters. The molecule has 0 aliphatic heterocycles. The van der Waals surface area contributed by atoms with E-state index in [0.29, 0.717) is 21.7 Å². The molecule has 1 N–H and O–H groups in total. The zero-order valence-corrected chi connectivity index (χ0v) is 14.2. The van der Waals surface area contributed by atoms with Gasteiger partial charge in [-0.2, -0.15) is 0 Å². The Bertz CT molecular complexity index is 1170. The monoisotopic (exact) mass is 368 g/mol. The van der Waals surface area contributed by atoms with Gasteiger partial charge in [-0.3, -0.25) is 9.78 Å². The van der Waals surface area contributed by atoms with Gasteiger partial charge in [0.2, 0.25) is 0 Å². The number of rotatable bonds is 4. The van der Waals surface area contributed by atoms with Gasteiger partial charge < -0.3 is 5.32 Å². The number of fused-ring (bicyclic) bond motifs is 3. The Hall–Kier alpha value is -3.26. The van der Waals surface area contributed by atoms with E-state index in [1.807, 2.05) is 0 Å². The summed E-state index contributed by atoms with van der Waals surface area (Å²) in [4.78, 5) is 32.6. The fourth-order valence-corrected chi connectivity index (χ4v) is 2.82. The minimum atomic E-state index is -0.317. The Morgan fingerprint density at radius 2 is 2.00 bits per heavy atom. The van der Waals surface area contributed by atoms with Crippen LogP contribution >= 0.6 is 11.6 Å². The molecular formula is C17H13ClN6O2. The maximum Gasteiger partial charge on any atom is 0.351 e. The van der Waals surface area contributed by atoms with Crippen molar-refractivity contribution in [3.8, 4) is 0 Å². The van der Waals surface area contributed by atoms with Crippen molar-refractivity contribution in [2.24, 2.45) is 0 Å². The van der Waals surface area contributed by atoms with E-state index >= 15 is 0 Å². The Morgan fingerprint density at radius 1 is 1.19 bits per heavy atom. The van der Waals surface area contributed by atoms with Crippen LogP contribution in [0.4, 0.5) is 0 Å².